The molecule has 1 aliphatic rings. The van der Waals surface area contributed by atoms with Crippen molar-refractivity contribution in [1.82, 2.24) is 9.97 Å². The maximum atomic E-state index is 4.15. The average Bonchev–Trinajstić information content (AvgIpc) is 2.12. The quantitative estimate of drug-likeness (QED) is 0.900. The highest BCUT2D eigenvalue weighted by molar-refractivity contribution is 9.10. The highest BCUT2D eigenvalue weighted by atomic mass is 79.9. The number of aromatic nitrogens is 2. The molecule has 1 heterocycles. The molecule has 1 aromatic rings. The lowest BCUT2D eigenvalue weighted by molar-refractivity contribution is 0.303. The first-order valence-corrected chi connectivity index (χ1v) is 5.85. The Morgan fingerprint density at radius 1 is 1.36 bits per heavy atom. The minimum Gasteiger partial charge on any atom is -0.354 e. The van der Waals surface area contributed by atoms with Gasteiger partial charge in [-0.15, -0.1) is 0 Å². The molecule has 0 bridgehead atoms. The topological polar surface area (TPSA) is 37.8 Å². The summed E-state index contributed by atoms with van der Waals surface area (Å²) in [6.45, 7) is 0.992. The van der Waals surface area contributed by atoms with Gasteiger partial charge in [0.25, 0.3) is 0 Å². The molecule has 0 unspecified atom stereocenters. The zero-order chi connectivity index (χ0) is 9.80. The Balaban J connectivity index is 1.71. The third-order valence-electron chi connectivity index (χ3n) is 2.68. The molecule has 3 nitrogen and oxygen atoms in total. The number of hydrogen-bond acceptors (Lipinski definition) is 3. The minimum absolute atomic E-state index is 0.729. The first-order chi connectivity index (χ1) is 6.84. The number of hydrogen-bond donors (Lipinski definition) is 1. The van der Waals surface area contributed by atoms with Gasteiger partial charge in [-0.25, -0.2) is 9.97 Å². The molecule has 76 valence electrons. The normalized spacial score (nSPS) is 16.4. The second-order valence-corrected chi connectivity index (χ2v) is 4.65. The van der Waals surface area contributed by atoms with Crippen LogP contribution in [0.1, 0.15) is 25.7 Å². The average molecular weight is 256 g/mol. The predicted molar refractivity (Wildman–Crippen MR) is 60.2 cm³/mol. The van der Waals surface area contributed by atoms with E-state index in [1.54, 1.807) is 12.4 Å². The SMILES string of the molecule is Brc1cnc(NCCC2CCC2)nc1. The fourth-order valence-electron chi connectivity index (χ4n) is 1.57. The summed E-state index contributed by atoms with van der Waals surface area (Å²) in [5.74, 6) is 1.67. The van der Waals surface area contributed by atoms with Crippen molar-refractivity contribution in [3.63, 3.8) is 0 Å². The number of anilines is 1. The van der Waals surface area contributed by atoms with E-state index in [-0.39, 0.29) is 0 Å². The van der Waals surface area contributed by atoms with Gasteiger partial charge in [0.1, 0.15) is 0 Å². The minimum atomic E-state index is 0.729. The second-order valence-electron chi connectivity index (χ2n) is 3.74. The van der Waals surface area contributed by atoms with Crippen LogP contribution in [0.5, 0.6) is 0 Å². The van der Waals surface area contributed by atoms with Gasteiger partial charge in [-0.2, -0.15) is 0 Å². The van der Waals surface area contributed by atoms with Gasteiger partial charge in [0, 0.05) is 18.9 Å². The van der Waals surface area contributed by atoms with E-state index in [9.17, 15) is 0 Å². The largest absolute Gasteiger partial charge is 0.354 e. The molecule has 1 N–H and O–H groups in total. The maximum absolute atomic E-state index is 4.15. The Labute approximate surface area is 92.5 Å². The van der Waals surface area contributed by atoms with Crippen LogP contribution in [0.15, 0.2) is 16.9 Å². The third-order valence-corrected chi connectivity index (χ3v) is 3.09. The summed E-state index contributed by atoms with van der Waals surface area (Å²) in [5, 5.41) is 3.23. The number of nitrogens with zero attached hydrogens (tertiary/aromatic N) is 2. The molecule has 2 rings (SSSR count). The van der Waals surface area contributed by atoms with Crippen molar-refractivity contribution >= 4 is 21.9 Å². The van der Waals surface area contributed by atoms with E-state index in [2.05, 4.69) is 31.2 Å². The molecule has 0 aromatic carbocycles. The van der Waals surface area contributed by atoms with Gasteiger partial charge in [-0.1, -0.05) is 19.3 Å². The molecule has 4 heteroatoms. The Kier molecular flexibility index (Phi) is 3.35. The Bertz CT molecular complexity index is 282. The summed E-state index contributed by atoms with van der Waals surface area (Å²) in [6, 6.07) is 0. The molecule has 0 atom stereocenters. The first-order valence-electron chi connectivity index (χ1n) is 5.06. The predicted octanol–water partition coefficient (Wildman–Crippen LogP) is 2.84. The van der Waals surface area contributed by atoms with Crippen LogP contribution in [0.4, 0.5) is 5.95 Å². The van der Waals surface area contributed by atoms with E-state index in [4.69, 9.17) is 0 Å². The summed E-state index contributed by atoms with van der Waals surface area (Å²) in [5.41, 5.74) is 0. The van der Waals surface area contributed by atoms with E-state index < -0.39 is 0 Å². The van der Waals surface area contributed by atoms with Crippen molar-refractivity contribution in [3.8, 4) is 0 Å². The van der Waals surface area contributed by atoms with E-state index in [1.807, 2.05) is 0 Å². The van der Waals surface area contributed by atoms with Crippen LogP contribution >= 0.6 is 15.9 Å². The summed E-state index contributed by atoms with van der Waals surface area (Å²) in [4.78, 5) is 8.30. The van der Waals surface area contributed by atoms with Crippen LogP contribution in [0.25, 0.3) is 0 Å². The van der Waals surface area contributed by atoms with Crippen molar-refractivity contribution < 1.29 is 0 Å². The smallest absolute Gasteiger partial charge is 0.222 e. The van der Waals surface area contributed by atoms with Gasteiger partial charge < -0.3 is 5.32 Å². The van der Waals surface area contributed by atoms with E-state index in [0.717, 1.165) is 22.9 Å². The molecule has 0 spiro atoms. The van der Waals surface area contributed by atoms with Crippen molar-refractivity contribution in [2.75, 3.05) is 11.9 Å². The molecule has 0 amide bonds. The fraction of sp³-hybridized carbons (Fsp3) is 0.600. The highest BCUT2D eigenvalue weighted by Crippen LogP contribution is 2.28. The van der Waals surface area contributed by atoms with Crippen LogP contribution < -0.4 is 5.32 Å². The lowest BCUT2D eigenvalue weighted by Crippen LogP contribution is -2.16. The van der Waals surface area contributed by atoms with Crippen LogP contribution in [0, 0.1) is 5.92 Å². The van der Waals surface area contributed by atoms with Gasteiger partial charge >= 0.3 is 0 Å². The fourth-order valence-corrected chi connectivity index (χ4v) is 1.78. The Morgan fingerprint density at radius 2 is 2.07 bits per heavy atom. The number of rotatable bonds is 4. The molecule has 1 saturated carbocycles. The van der Waals surface area contributed by atoms with Crippen LogP contribution in [-0.4, -0.2) is 16.5 Å². The summed E-state index contributed by atoms with van der Waals surface area (Å²) < 4.78 is 0.919. The molecule has 0 radical (unpaired) electrons. The molecule has 0 aliphatic heterocycles. The molecular formula is C10H14BrN3. The number of nitrogens with one attached hydrogen (secondary N) is 1. The van der Waals surface area contributed by atoms with Crippen LogP contribution in [0.2, 0.25) is 0 Å². The zero-order valence-electron chi connectivity index (χ0n) is 8.04. The van der Waals surface area contributed by atoms with Gasteiger partial charge in [0.2, 0.25) is 5.95 Å². The van der Waals surface area contributed by atoms with Gasteiger partial charge in [0.15, 0.2) is 0 Å². The third kappa shape index (κ3) is 2.67. The monoisotopic (exact) mass is 255 g/mol. The standard InChI is InChI=1S/C10H14BrN3/c11-9-6-13-10(14-7-9)12-5-4-8-2-1-3-8/h6-8H,1-5H2,(H,12,13,14). The zero-order valence-corrected chi connectivity index (χ0v) is 9.63. The van der Waals surface area contributed by atoms with Crippen molar-refractivity contribution in [2.45, 2.75) is 25.7 Å². The van der Waals surface area contributed by atoms with E-state index in [0.29, 0.717) is 0 Å². The Hall–Kier alpha value is -0.640. The molecule has 0 saturated heterocycles. The molecule has 1 fully saturated rings. The van der Waals surface area contributed by atoms with E-state index >= 15 is 0 Å². The van der Waals surface area contributed by atoms with Crippen molar-refractivity contribution in [3.05, 3.63) is 16.9 Å². The lowest BCUT2D eigenvalue weighted by atomic mass is 9.83. The van der Waals surface area contributed by atoms with Crippen molar-refractivity contribution in [2.24, 2.45) is 5.92 Å². The van der Waals surface area contributed by atoms with Crippen LogP contribution in [0.3, 0.4) is 0 Å². The first kappa shape index (κ1) is 9.90. The van der Waals surface area contributed by atoms with Gasteiger partial charge in [-0.3, -0.25) is 0 Å². The second kappa shape index (κ2) is 4.73. The molecule has 14 heavy (non-hydrogen) atoms. The van der Waals surface area contributed by atoms with Crippen molar-refractivity contribution in [1.29, 1.82) is 0 Å². The maximum Gasteiger partial charge on any atom is 0.222 e. The van der Waals surface area contributed by atoms with Crippen LogP contribution in [-0.2, 0) is 0 Å². The molecular weight excluding hydrogens is 242 g/mol. The summed E-state index contributed by atoms with van der Waals surface area (Å²) in [7, 11) is 0. The Morgan fingerprint density at radius 3 is 2.64 bits per heavy atom. The number of halogens is 1. The molecule has 1 aromatic heterocycles. The van der Waals surface area contributed by atoms with Gasteiger partial charge in [0.05, 0.1) is 4.47 Å². The molecule has 1 aliphatic carbocycles. The lowest BCUT2D eigenvalue weighted by Gasteiger charge is -2.25. The highest BCUT2D eigenvalue weighted by Gasteiger charge is 2.16. The summed E-state index contributed by atoms with van der Waals surface area (Å²) >= 11 is 3.30. The van der Waals surface area contributed by atoms with Gasteiger partial charge in [-0.05, 0) is 28.3 Å². The summed E-state index contributed by atoms with van der Waals surface area (Å²) in [6.07, 6.45) is 9.00. The van der Waals surface area contributed by atoms with E-state index in [1.165, 1.54) is 25.7 Å².